The Morgan fingerprint density at radius 2 is 2.33 bits per heavy atom. The molecule has 0 spiro atoms. The third kappa shape index (κ3) is 1.69. The van der Waals surface area contributed by atoms with E-state index in [2.05, 4.69) is 17.9 Å². The van der Waals surface area contributed by atoms with E-state index < -0.39 is 0 Å². The van der Waals surface area contributed by atoms with Crippen molar-refractivity contribution in [3.63, 3.8) is 0 Å². The summed E-state index contributed by atoms with van der Waals surface area (Å²) in [6.07, 6.45) is 2.60. The molecule has 0 unspecified atom stereocenters. The van der Waals surface area contributed by atoms with Crippen LogP contribution in [-0.4, -0.2) is 24.0 Å². The molecule has 0 aromatic heterocycles. The van der Waals surface area contributed by atoms with Crippen LogP contribution < -0.4 is 0 Å². The van der Waals surface area contributed by atoms with E-state index in [1.54, 1.807) is 0 Å². The minimum absolute atomic E-state index is 0.612. The van der Waals surface area contributed by atoms with Crippen LogP contribution in [0.15, 0.2) is 0 Å². The molecule has 1 saturated carbocycles. The van der Waals surface area contributed by atoms with Gasteiger partial charge in [-0.3, -0.25) is 4.90 Å². The Hall–Kier alpha value is -0.550. The summed E-state index contributed by atoms with van der Waals surface area (Å²) >= 11 is 0. The lowest BCUT2D eigenvalue weighted by atomic mass is 10.5. The molecule has 0 N–H and O–H groups in total. The molecule has 0 radical (unpaired) electrons. The Morgan fingerprint density at radius 3 is 2.67 bits per heavy atom. The topological polar surface area (TPSA) is 27.0 Å². The van der Waals surface area contributed by atoms with Crippen LogP contribution >= 0.6 is 0 Å². The zero-order valence-electron chi connectivity index (χ0n) is 5.80. The zero-order valence-corrected chi connectivity index (χ0v) is 5.80. The van der Waals surface area contributed by atoms with E-state index in [9.17, 15) is 0 Å². The molecule has 50 valence electrons. The molecule has 0 bridgehead atoms. The lowest BCUT2D eigenvalue weighted by Crippen LogP contribution is -2.25. The Bertz CT molecular complexity index is 121. The van der Waals surface area contributed by atoms with Crippen molar-refractivity contribution in [3.8, 4) is 6.07 Å². The average Bonchev–Trinajstić information content (AvgIpc) is 2.64. The number of nitrogens with zero attached hydrogens (tertiary/aromatic N) is 2. The Morgan fingerprint density at radius 1 is 1.67 bits per heavy atom. The van der Waals surface area contributed by atoms with Crippen LogP contribution in [-0.2, 0) is 0 Å². The van der Waals surface area contributed by atoms with Gasteiger partial charge < -0.3 is 0 Å². The van der Waals surface area contributed by atoms with E-state index >= 15 is 0 Å². The van der Waals surface area contributed by atoms with Gasteiger partial charge >= 0.3 is 0 Å². The molecule has 0 amide bonds. The van der Waals surface area contributed by atoms with Gasteiger partial charge in [0.15, 0.2) is 0 Å². The highest BCUT2D eigenvalue weighted by atomic mass is 15.2. The van der Waals surface area contributed by atoms with Gasteiger partial charge in [0.05, 0.1) is 12.6 Å². The van der Waals surface area contributed by atoms with Crippen molar-refractivity contribution < 1.29 is 0 Å². The zero-order chi connectivity index (χ0) is 6.69. The lowest BCUT2D eigenvalue weighted by Gasteiger charge is -2.13. The second-order valence-electron chi connectivity index (χ2n) is 2.45. The predicted octanol–water partition coefficient (Wildman–Crippen LogP) is 0.994. The average molecular weight is 124 g/mol. The normalized spacial score (nSPS) is 17.9. The maximum atomic E-state index is 8.35. The first-order valence-corrected chi connectivity index (χ1v) is 3.49. The smallest absolute Gasteiger partial charge is 0.0868 e. The monoisotopic (exact) mass is 124 g/mol. The molecule has 0 aromatic carbocycles. The summed E-state index contributed by atoms with van der Waals surface area (Å²) in [5.74, 6) is 0. The molecule has 1 aliphatic rings. The van der Waals surface area contributed by atoms with Gasteiger partial charge in [0, 0.05) is 6.04 Å². The van der Waals surface area contributed by atoms with Crippen LogP contribution in [0.1, 0.15) is 19.8 Å². The number of rotatable bonds is 3. The molecule has 1 fully saturated rings. The quantitative estimate of drug-likeness (QED) is 0.525. The fraction of sp³-hybridized carbons (Fsp3) is 0.857. The number of hydrogen-bond donors (Lipinski definition) is 0. The van der Waals surface area contributed by atoms with Crippen LogP contribution in [0.5, 0.6) is 0 Å². The lowest BCUT2D eigenvalue weighted by molar-refractivity contribution is 0.312. The van der Waals surface area contributed by atoms with Crippen molar-refractivity contribution in [2.45, 2.75) is 25.8 Å². The minimum atomic E-state index is 0.612. The van der Waals surface area contributed by atoms with Crippen LogP contribution in [0.25, 0.3) is 0 Å². The van der Waals surface area contributed by atoms with Gasteiger partial charge in [-0.25, -0.2) is 0 Å². The third-order valence-corrected chi connectivity index (χ3v) is 1.74. The van der Waals surface area contributed by atoms with Gasteiger partial charge in [-0.15, -0.1) is 0 Å². The van der Waals surface area contributed by atoms with Crippen molar-refractivity contribution in [2.75, 3.05) is 13.1 Å². The molecule has 2 nitrogen and oxygen atoms in total. The van der Waals surface area contributed by atoms with E-state index in [4.69, 9.17) is 5.26 Å². The molecule has 1 aliphatic carbocycles. The van der Waals surface area contributed by atoms with E-state index in [1.165, 1.54) is 12.8 Å². The molecular formula is C7H12N2. The van der Waals surface area contributed by atoms with Crippen molar-refractivity contribution in [1.29, 1.82) is 5.26 Å². The highest BCUT2D eigenvalue weighted by Gasteiger charge is 2.26. The second-order valence-corrected chi connectivity index (χ2v) is 2.45. The van der Waals surface area contributed by atoms with Crippen molar-refractivity contribution in [2.24, 2.45) is 0 Å². The summed E-state index contributed by atoms with van der Waals surface area (Å²) in [5.41, 5.74) is 0. The van der Waals surface area contributed by atoms with Crippen LogP contribution in [0.3, 0.4) is 0 Å². The maximum Gasteiger partial charge on any atom is 0.0868 e. The van der Waals surface area contributed by atoms with Gasteiger partial charge in [-0.2, -0.15) is 5.26 Å². The highest BCUT2D eigenvalue weighted by Crippen LogP contribution is 2.25. The molecule has 0 saturated heterocycles. The molecule has 0 aliphatic heterocycles. The Labute approximate surface area is 56.1 Å². The summed E-state index contributed by atoms with van der Waals surface area (Å²) in [6.45, 7) is 3.75. The van der Waals surface area contributed by atoms with Gasteiger partial charge in [0.2, 0.25) is 0 Å². The van der Waals surface area contributed by atoms with Gasteiger partial charge in [-0.05, 0) is 19.4 Å². The van der Waals surface area contributed by atoms with Crippen LogP contribution in [0.4, 0.5) is 0 Å². The van der Waals surface area contributed by atoms with Crippen LogP contribution in [0, 0.1) is 11.3 Å². The molecular weight excluding hydrogens is 112 g/mol. The highest BCUT2D eigenvalue weighted by molar-refractivity contribution is 4.88. The summed E-state index contributed by atoms with van der Waals surface area (Å²) < 4.78 is 0. The number of hydrogen-bond acceptors (Lipinski definition) is 2. The predicted molar refractivity (Wildman–Crippen MR) is 35.9 cm³/mol. The van der Waals surface area contributed by atoms with Crippen molar-refractivity contribution in [3.05, 3.63) is 0 Å². The fourth-order valence-electron chi connectivity index (χ4n) is 1.03. The standard InChI is InChI=1S/C7H12N2/c1-2-9(6-5-8)7-3-4-7/h7H,2-4,6H2,1H3. The van der Waals surface area contributed by atoms with Crippen molar-refractivity contribution in [1.82, 2.24) is 4.90 Å². The SMILES string of the molecule is CCN(CC#N)C1CC1. The largest absolute Gasteiger partial charge is 0.288 e. The molecule has 0 heterocycles. The Kier molecular flexibility index (Phi) is 2.07. The summed E-state index contributed by atoms with van der Waals surface area (Å²) in [5, 5.41) is 8.35. The third-order valence-electron chi connectivity index (χ3n) is 1.74. The maximum absolute atomic E-state index is 8.35. The minimum Gasteiger partial charge on any atom is -0.288 e. The first-order chi connectivity index (χ1) is 4.38. The molecule has 0 aromatic rings. The summed E-state index contributed by atoms with van der Waals surface area (Å²) in [4.78, 5) is 2.22. The van der Waals surface area contributed by atoms with E-state index in [0.717, 1.165) is 12.6 Å². The Balaban J connectivity index is 2.22. The molecule has 9 heavy (non-hydrogen) atoms. The van der Waals surface area contributed by atoms with Crippen LogP contribution in [0.2, 0.25) is 0 Å². The fourth-order valence-corrected chi connectivity index (χ4v) is 1.03. The van der Waals surface area contributed by atoms with E-state index in [-0.39, 0.29) is 0 Å². The van der Waals surface area contributed by atoms with Gasteiger partial charge in [0.25, 0.3) is 0 Å². The van der Waals surface area contributed by atoms with Gasteiger partial charge in [0.1, 0.15) is 0 Å². The van der Waals surface area contributed by atoms with Crippen molar-refractivity contribution >= 4 is 0 Å². The van der Waals surface area contributed by atoms with Gasteiger partial charge in [-0.1, -0.05) is 6.92 Å². The first-order valence-electron chi connectivity index (χ1n) is 3.49. The first kappa shape index (κ1) is 6.57. The van der Waals surface area contributed by atoms with E-state index in [0.29, 0.717) is 6.54 Å². The number of nitriles is 1. The second kappa shape index (κ2) is 2.84. The van der Waals surface area contributed by atoms with E-state index in [1.807, 2.05) is 0 Å². The molecule has 0 atom stereocenters. The summed E-state index contributed by atoms with van der Waals surface area (Å²) in [6, 6.07) is 2.91. The molecule has 2 heteroatoms. The molecule has 1 rings (SSSR count). The summed E-state index contributed by atoms with van der Waals surface area (Å²) in [7, 11) is 0.